The Kier molecular flexibility index (Phi) is 5.98. The molecule has 8 nitrogen and oxygen atoms in total. The van der Waals surface area contributed by atoms with Crippen LogP contribution >= 0.6 is 11.3 Å². The number of piperidine rings is 1. The summed E-state index contributed by atoms with van der Waals surface area (Å²) in [5.74, 6) is 7.38. The SMILES string of the molecule is Cn1ncc(N(N)C(=O)c2csc(C3=CCCCC3)n2)c1N1CCC(CN)CC1. The van der Waals surface area contributed by atoms with Crippen molar-refractivity contribution in [2.75, 3.05) is 29.5 Å². The molecule has 9 heteroatoms. The lowest BCUT2D eigenvalue weighted by Gasteiger charge is -2.34. The standard InChI is InChI=1S/C20H29N7OS/c1-25-19(26-9-7-14(11-21)8-10-26)17(12-23-25)27(22)20(28)16-13-29-18(24-16)15-5-3-2-4-6-15/h5,12-14H,2-4,6-11,21-22H2,1H3. The van der Waals surface area contributed by atoms with E-state index < -0.39 is 0 Å². The van der Waals surface area contributed by atoms with Crippen molar-refractivity contribution in [1.82, 2.24) is 14.8 Å². The van der Waals surface area contributed by atoms with Crippen LogP contribution in [0.15, 0.2) is 17.7 Å². The third-order valence-electron chi connectivity index (χ3n) is 5.90. The van der Waals surface area contributed by atoms with Crippen LogP contribution in [-0.2, 0) is 7.05 Å². The van der Waals surface area contributed by atoms with E-state index in [-0.39, 0.29) is 5.91 Å². The van der Waals surface area contributed by atoms with E-state index in [9.17, 15) is 4.79 Å². The van der Waals surface area contributed by atoms with Gasteiger partial charge in [0.15, 0.2) is 5.82 Å². The Morgan fingerprint density at radius 2 is 2.14 bits per heavy atom. The highest BCUT2D eigenvalue weighted by molar-refractivity contribution is 7.11. The highest BCUT2D eigenvalue weighted by Crippen LogP contribution is 2.33. The van der Waals surface area contributed by atoms with E-state index in [2.05, 4.69) is 21.1 Å². The second-order valence-electron chi connectivity index (χ2n) is 7.83. The third kappa shape index (κ3) is 4.08. The van der Waals surface area contributed by atoms with E-state index in [1.807, 2.05) is 7.05 Å². The first-order chi connectivity index (χ1) is 14.1. The maximum absolute atomic E-state index is 13.0. The van der Waals surface area contributed by atoms with Gasteiger partial charge in [-0.2, -0.15) is 5.10 Å². The fourth-order valence-corrected chi connectivity index (χ4v) is 4.99. The van der Waals surface area contributed by atoms with Crippen molar-refractivity contribution in [2.45, 2.75) is 38.5 Å². The monoisotopic (exact) mass is 415 g/mol. The van der Waals surface area contributed by atoms with Gasteiger partial charge in [-0.05, 0) is 56.6 Å². The molecule has 0 radical (unpaired) electrons. The summed E-state index contributed by atoms with van der Waals surface area (Å²) in [6.45, 7) is 2.48. The number of carbonyl (C=O) groups excluding carboxylic acids is 1. The number of hydrogen-bond acceptors (Lipinski definition) is 7. The molecule has 1 aliphatic heterocycles. The number of rotatable bonds is 5. The van der Waals surface area contributed by atoms with Gasteiger partial charge in [0.1, 0.15) is 16.4 Å². The lowest BCUT2D eigenvalue weighted by atomic mass is 9.97. The van der Waals surface area contributed by atoms with Crippen molar-refractivity contribution < 1.29 is 4.79 Å². The summed E-state index contributed by atoms with van der Waals surface area (Å²) in [6.07, 6.45) is 10.5. The van der Waals surface area contributed by atoms with Gasteiger partial charge >= 0.3 is 0 Å². The predicted octanol–water partition coefficient (Wildman–Crippen LogP) is 2.53. The van der Waals surface area contributed by atoms with Crippen molar-refractivity contribution >= 4 is 34.3 Å². The van der Waals surface area contributed by atoms with Gasteiger partial charge in [-0.15, -0.1) is 11.3 Å². The smallest absolute Gasteiger partial charge is 0.292 e. The van der Waals surface area contributed by atoms with Gasteiger partial charge in [0.25, 0.3) is 5.91 Å². The highest BCUT2D eigenvalue weighted by atomic mass is 32.1. The molecular weight excluding hydrogens is 386 g/mol. The molecule has 2 aliphatic rings. The average molecular weight is 416 g/mol. The van der Waals surface area contributed by atoms with Crippen LogP contribution in [0.25, 0.3) is 5.57 Å². The van der Waals surface area contributed by atoms with Crippen molar-refractivity contribution in [2.24, 2.45) is 24.5 Å². The minimum absolute atomic E-state index is 0.310. The fourth-order valence-electron chi connectivity index (χ4n) is 4.12. The number of hydrogen-bond donors (Lipinski definition) is 2. The number of amides is 1. The van der Waals surface area contributed by atoms with Gasteiger partial charge in [0.2, 0.25) is 0 Å². The zero-order valence-corrected chi connectivity index (χ0v) is 17.7. The van der Waals surface area contributed by atoms with E-state index in [4.69, 9.17) is 11.6 Å². The molecule has 0 unspecified atom stereocenters. The number of allylic oxidation sites excluding steroid dienone is 2. The predicted molar refractivity (Wildman–Crippen MR) is 117 cm³/mol. The fraction of sp³-hybridized carbons (Fsp3) is 0.550. The molecular formula is C20H29N7OS. The van der Waals surface area contributed by atoms with E-state index in [0.29, 0.717) is 17.3 Å². The van der Waals surface area contributed by atoms with Gasteiger partial charge in [0, 0.05) is 25.5 Å². The molecule has 1 fully saturated rings. The maximum Gasteiger partial charge on any atom is 0.292 e. The van der Waals surface area contributed by atoms with E-state index in [0.717, 1.165) is 56.1 Å². The maximum atomic E-state index is 13.0. The number of thiazole rings is 1. The van der Waals surface area contributed by atoms with Crippen LogP contribution < -0.4 is 21.5 Å². The van der Waals surface area contributed by atoms with Gasteiger partial charge in [0.05, 0.1) is 6.20 Å². The highest BCUT2D eigenvalue weighted by Gasteiger charge is 2.28. The average Bonchev–Trinajstić information content (AvgIpc) is 3.41. The minimum Gasteiger partial charge on any atom is -0.355 e. The normalized spacial score (nSPS) is 18.0. The van der Waals surface area contributed by atoms with Crippen LogP contribution in [0.4, 0.5) is 11.5 Å². The van der Waals surface area contributed by atoms with E-state index in [1.54, 1.807) is 16.3 Å². The molecule has 3 heterocycles. The van der Waals surface area contributed by atoms with E-state index in [1.165, 1.54) is 34.8 Å². The number of hydrazine groups is 1. The van der Waals surface area contributed by atoms with Crippen LogP contribution in [0.5, 0.6) is 0 Å². The number of nitrogens with two attached hydrogens (primary N) is 2. The van der Waals surface area contributed by atoms with Gasteiger partial charge in [-0.25, -0.2) is 15.8 Å². The molecule has 2 aromatic rings. The minimum atomic E-state index is -0.310. The van der Waals surface area contributed by atoms with Crippen molar-refractivity contribution in [3.05, 3.63) is 28.4 Å². The first-order valence-corrected chi connectivity index (χ1v) is 11.2. The zero-order valence-electron chi connectivity index (χ0n) is 16.9. The first-order valence-electron chi connectivity index (χ1n) is 10.3. The first kappa shape index (κ1) is 20.1. The Morgan fingerprint density at radius 3 is 2.83 bits per heavy atom. The molecule has 4 N–H and O–H groups in total. The van der Waals surface area contributed by atoms with Crippen molar-refractivity contribution in [3.63, 3.8) is 0 Å². The van der Waals surface area contributed by atoms with Gasteiger partial charge < -0.3 is 10.6 Å². The Labute approximate surface area is 175 Å². The van der Waals surface area contributed by atoms with Crippen LogP contribution in [0.2, 0.25) is 0 Å². The van der Waals surface area contributed by atoms with Crippen LogP contribution in [0.1, 0.15) is 54.0 Å². The molecule has 156 valence electrons. The molecule has 0 atom stereocenters. The quantitative estimate of drug-likeness (QED) is 0.442. The van der Waals surface area contributed by atoms with Gasteiger partial charge in [-0.1, -0.05) is 6.08 Å². The number of anilines is 2. The number of aromatic nitrogens is 3. The Bertz CT molecular complexity index is 895. The summed E-state index contributed by atoms with van der Waals surface area (Å²) in [5, 5.41) is 8.27. The van der Waals surface area contributed by atoms with Crippen LogP contribution in [0, 0.1) is 5.92 Å². The van der Waals surface area contributed by atoms with Gasteiger partial charge in [-0.3, -0.25) is 9.48 Å². The summed E-state index contributed by atoms with van der Waals surface area (Å²) >= 11 is 1.51. The third-order valence-corrected chi connectivity index (χ3v) is 6.82. The summed E-state index contributed by atoms with van der Waals surface area (Å²) < 4.78 is 1.78. The number of nitrogens with zero attached hydrogens (tertiary/aromatic N) is 5. The molecule has 1 aliphatic carbocycles. The molecule has 0 bridgehead atoms. The molecule has 1 amide bonds. The largest absolute Gasteiger partial charge is 0.355 e. The molecule has 0 aromatic carbocycles. The lowest BCUT2D eigenvalue weighted by molar-refractivity contribution is 0.0982. The van der Waals surface area contributed by atoms with Crippen LogP contribution in [0.3, 0.4) is 0 Å². The number of aryl methyl sites for hydroxylation is 1. The van der Waals surface area contributed by atoms with E-state index >= 15 is 0 Å². The molecule has 4 rings (SSSR count). The number of carbonyl (C=O) groups is 1. The lowest BCUT2D eigenvalue weighted by Crippen LogP contribution is -2.41. The molecule has 0 spiro atoms. The van der Waals surface area contributed by atoms with Crippen molar-refractivity contribution in [3.8, 4) is 0 Å². The second-order valence-corrected chi connectivity index (χ2v) is 8.69. The summed E-state index contributed by atoms with van der Waals surface area (Å²) in [6, 6.07) is 0. The zero-order chi connectivity index (χ0) is 20.4. The summed E-state index contributed by atoms with van der Waals surface area (Å²) in [7, 11) is 1.88. The molecule has 2 aromatic heterocycles. The molecule has 29 heavy (non-hydrogen) atoms. The van der Waals surface area contributed by atoms with Crippen LogP contribution in [-0.4, -0.2) is 40.3 Å². The Balaban J connectivity index is 1.53. The molecule has 1 saturated heterocycles. The second kappa shape index (κ2) is 8.64. The molecule has 0 saturated carbocycles. The summed E-state index contributed by atoms with van der Waals surface area (Å²) in [4.78, 5) is 19.8. The summed E-state index contributed by atoms with van der Waals surface area (Å²) in [5.41, 5.74) is 8.05. The Morgan fingerprint density at radius 1 is 1.34 bits per heavy atom. The van der Waals surface area contributed by atoms with Crippen molar-refractivity contribution in [1.29, 1.82) is 0 Å². The Hall–Kier alpha value is -2.23. The topological polar surface area (TPSA) is 106 Å².